The van der Waals surface area contributed by atoms with Gasteiger partial charge < -0.3 is 14.3 Å². The molecule has 2 saturated heterocycles. The summed E-state index contributed by atoms with van der Waals surface area (Å²) in [6.45, 7) is 10.1. The van der Waals surface area contributed by atoms with Gasteiger partial charge in [-0.3, -0.25) is 0 Å². The fraction of sp³-hybridized carbons (Fsp3) is 0.542. The van der Waals surface area contributed by atoms with Gasteiger partial charge in [0.05, 0.1) is 17.0 Å². The van der Waals surface area contributed by atoms with E-state index in [2.05, 4.69) is 31.8 Å². The van der Waals surface area contributed by atoms with Crippen LogP contribution < -0.4 is 9.80 Å². The third-order valence-electron chi connectivity index (χ3n) is 6.59. The second-order valence-corrected chi connectivity index (χ2v) is 9.25. The largest absolute Gasteiger partial charge is 0.356 e. The standard InChI is InChI=1S/C24H31N7O/c1-16-5-4-10-31(15-16)24-26-14-20(21-13-18(3)29-32-21)22(28-24)19-7-11-30(12-8-19)23-25-9-6-17(2)27-23/h6,9,13-14,16,19H,4-5,7-8,10-12,15H2,1-3H3/t16-/m1/s1. The molecule has 0 aliphatic carbocycles. The maximum atomic E-state index is 5.61. The molecule has 8 nitrogen and oxygen atoms in total. The first-order valence-electron chi connectivity index (χ1n) is 11.7. The highest BCUT2D eigenvalue weighted by molar-refractivity contribution is 5.61. The fourth-order valence-electron chi connectivity index (χ4n) is 4.84. The number of aromatic nitrogens is 5. The Morgan fingerprint density at radius 2 is 1.75 bits per heavy atom. The molecule has 2 aliphatic heterocycles. The molecule has 0 unspecified atom stereocenters. The molecule has 0 spiro atoms. The van der Waals surface area contributed by atoms with Crippen LogP contribution in [0.25, 0.3) is 11.3 Å². The van der Waals surface area contributed by atoms with E-state index in [9.17, 15) is 0 Å². The molecule has 0 aromatic carbocycles. The summed E-state index contributed by atoms with van der Waals surface area (Å²) >= 11 is 0. The highest BCUT2D eigenvalue weighted by Crippen LogP contribution is 2.36. The van der Waals surface area contributed by atoms with Gasteiger partial charge in [0.2, 0.25) is 11.9 Å². The number of hydrogen-bond donors (Lipinski definition) is 0. The van der Waals surface area contributed by atoms with Gasteiger partial charge in [0.25, 0.3) is 0 Å². The molecular weight excluding hydrogens is 402 g/mol. The van der Waals surface area contributed by atoms with E-state index in [-0.39, 0.29) is 0 Å². The summed E-state index contributed by atoms with van der Waals surface area (Å²) in [5.74, 6) is 3.42. The van der Waals surface area contributed by atoms with Crippen molar-refractivity contribution in [3.05, 3.63) is 41.6 Å². The lowest BCUT2D eigenvalue weighted by Crippen LogP contribution is -2.36. The van der Waals surface area contributed by atoms with Gasteiger partial charge in [-0.2, -0.15) is 0 Å². The lowest BCUT2D eigenvalue weighted by molar-refractivity contribution is 0.423. The maximum Gasteiger partial charge on any atom is 0.225 e. The van der Waals surface area contributed by atoms with E-state index >= 15 is 0 Å². The summed E-state index contributed by atoms with van der Waals surface area (Å²) in [7, 11) is 0. The fourth-order valence-corrected chi connectivity index (χ4v) is 4.84. The van der Waals surface area contributed by atoms with Gasteiger partial charge in [0, 0.05) is 56.3 Å². The molecule has 2 aliphatic rings. The molecule has 3 aromatic heterocycles. The zero-order valence-corrected chi connectivity index (χ0v) is 19.2. The summed E-state index contributed by atoms with van der Waals surface area (Å²) in [4.78, 5) is 23.6. The van der Waals surface area contributed by atoms with E-state index in [1.807, 2.05) is 38.4 Å². The second kappa shape index (κ2) is 8.84. The number of piperidine rings is 2. The molecule has 5 heterocycles. The average Bonchev–Trinajstić information content (AvgIpc) is 3.25. The quantitative estimate of drug-likeness (QED) is 0.606. The van der Waals surface area contributed by atoms with Crippen molar-refractivity contribution in [2.24, 2.45) is 5.92 Å². The minimum Gasteiger partial charge on any atom is -0.356 e. The van der Waals surface area contributed by atoms with Gasteiger partial charge >= 0.3 is 0 Å². The van der Waals surface area contributed by atoms with Crippen molar-refractivity contribution in [3.63, 3.8) is 0 Å². The van der Waals surface area contributed by atoms with E-state index < -0.39 is 0 Å². The van der Waals surface area contributed by atoms with Crippen molar-refractivity contribution >= 4 is 11.9 Å². The molecule has 168 valence electrons. The molecule has 0 saturated carbocycles. The van der Waals surface area contributed by atoms with Gasteiger partial charge in [0.15, 0.2) is 5.76 Å². The number of hydrogen-bond acceptors (Lipinski definition) is 8. The summed E-state index contributed by atoms with van der Waals surface area (Å²) in [6.07, 6.45) is 8.22. The molecule has 0 N–H and O–H groups in total. The smallest absolute Gasteiger partial charge is 0.225 e. The first-order chi connectivity index (χ1) is 15.6. The first-order valence-corrected chi connectivity index (χ1v) is 11.7. The highest BCUT2D eigenvalue weighted by atomic mass is 16.5. The van der Waals surface area contributed by atoms with Gasteiger partial charge in [0.1, 0.15) is 0 Å². The molecule has 0 bridgehead atoms. The Labute approximate surface area is 189 Å². The summed E-state index contributed by atoms with van der Waals surface area (Å²) in [5.41, 5.74) is 3.90. The third-order valence-corrected chi connectivity index (χ3v) is 6.59. The van der Waals surface area contributed by atoms with Gasteiger partial charge in [-0.15, -0.1) is 0 Å². The normalized spacial score (nSPS) is 20.0. The first kappa shape index (κ1) is 20.8. The molecule has 32 heavy (non-hydrogen) atoms. The Balaban J connectivity index is 1.42. The van der Waals surface area contributed by atoms with Crippen LogP contribution >= 0.6 is 0 Å². The van der Waals surface area contributed by atoms with Crippen LogP contribution in [0.3, 0.4) is 0 Å². The third kappa shape index (κ3) is 4.31. The van der Waals surface area contributed by atoms with Crippen LogP contribution in [0.2, 0.25) is 0 Å². The zero-order valence-electron chi connectivity index (χ0n) is 19.2. The van der Waals surface area contributed by atoms with Crippen LogP contribution in [-0.4, -0.2) is 51.3 Å². The zero-order chi connectivity index (χ0) is 22.1. The number of nitrogens with zero attached hydrogens (tertiary/aromatic N) is 7. The second-order valence-electron chi connectivity index (χ2n) is 9.25. The van der Waals surface area contributed by atoms with Crippen molar-refractivity contribution < 1.29 is 4.52 Å². The van der Waals surface area contributed by atoms with E-state index in [4.69, 9.17) is 14.5 Å². The predicted octanol–water partition coefficient (Wildman–Crippen LogP) is 4.16. The number of anilines is 2. The van der Waals surface area contributed by atoms with Crippen molar-refractivity contribution in [3.8, 4) is 11.3 Å². The minimum atomic E-state index is 0.334. The van der Waals surface area contributed by atoms with Crippen LogP contribution in [0.1, 0.15) is 55.6 Å². The molecule has 1 atom stereocenters. The van der Waals surface area contributed by atoms with Crippen molar-refractivity contribution in [1.82, 2.24) is 25.1 Å². The monoisotopic (exact) mass is 433 g/mol. The number of rotatable bonds is 4. The Hall–Kier alpha value is -3.03. The van der Waals surface area contributed by atoms with Crippen molar-refractivity contribution in [1.29, 1.82) is 0 Å². The minimum absolute atomic E-state index is 0.334. The van der Waals surface area contributed by atoms with Crippen LogP contribution in [0, 0.1) is 19.8 Å². The van der Waals surface area contributed by atoms with Crippen LogP contribution in [0.4, 0.5) is 11.9 Å². The SMILES string of the molecule is Cc1cc(-c2cnc(N3CCC[C@@H](C)C3)nc2C2CCN(c3nccc(C)n3)CC2)on1. The van der Waals surface area contributed by atoms with Crippen molar-refractivity contribution in [2.45, 2.75) is 52.4 Å². The molecule has 3 aromatic rings. The Morgan fingerprint density at radius 1 is 0.938 bits per heavy atom. The average molecular weight is 434 g/mol. The molecule has 2 fully saturated rings. The molecular formula is C24H31N7O. The van der Waals surface area contributed by atoms with Gasteiger partial charge in [-0.05, 0) is 51.5 Å². The maximum absolute atomic E-state index is 5.61. The molecule has 8 heteroatoms. The molecule has 0 radical (unpaired) electrons. The molecule has 5 rings (SSSR count). The Kier molecular flexibility index (Phi) is 5.76. The lowest BCUT2D eigenvalue weighted by atomic mass is 9.90. The van der Waals surface area contributed by atoms with Gasteiger partial charge in [-0.1, -0.05) is 12.1 Å². The van der Waals surface area contributed by atoms with E-state index in [0.717, 1.165) is 79.3 Å². The highest BCUT2D eigenvalue weighted by Gasteiger charge is 2.28. The van der Waals surface area contributed by atoms with E-state index in [0.29, 0.717) is 11.8 Å². The van der Waals surface area contributed by atoms with Crippen molar-refractivity contribution in [2.75, 3.05) is 36.0 Å². The van der Waals surface area contributed by atoms with E-state index in [1.54, 1.807) is 0 Å². The predicted molar refractivity (Wildman–Crippen MR) is 124 cm³/mol. The van der Waals surface area contributed by atoms with Gasteiger partial charge in [-0.25, -0.2) is 19.9 Å². The lowest BCUT2D eigenvalue weighted by Gasteiger charge is -2.34. The van der Waals surface area contributed by atoms with Crippen LogP contribution in [0.5, 0.6) is 0 Å². The Bertz CT molecular complexity index is 1070. The summed E-state index contributed by atoms with van der Waals surface area (Å²) in [6, 6.07) is 3.91. The Morgan fingerprint density at radius 3 is 2.47 bits per heavy atom. The van der Waals surface area contributed by atoms with E-state index in [1.165, 1.54) is 12.8 Å². The number of aryl methyl sites for hydroxylation is 2. The van der Waals surface area contributed by atoms with Crippen LogP contribution in [0.15, 0.2) is 29.0 Å². The molecule has 0 amide bonds. The van der Waals surface area contributed by atoms with Crippen LogP contribution in [-0.2, 0) is 0 Å². The topological polar surface area (TPSA) is 84.1 Å². The summed E-state index contributed by atoms with van der Waals surface area (Å²) < 4.78 is 5.61. The summed E-state index contributed by atoms with van der Waals surface area (Å²) in [5, 5.41) is 4.10.